The first-order valence-corrected chi connectivity index (χ1v) is 6.65. The van der Waals surface area contributed by atoms with Crippen LogP contribution in [0, 0.1) is 5.41 Å². The number of nitrogens with one attached hydrogen (secondary N) is 1. The maximum Gasteiger partial charge on any atom is 0.228 e. The highest BCUT2D eigenvalue weighted by molar-refractivity contribution is 5.82. The Morgan fingerprint density at radius 1 is 1.50 bits per heavy atom. The third-order valence-corrected chi connectivity index (χ3v) is 4.04. The van der Waals surface area contributed by atoms with Crippen LogP contribution in [0.25, 0.3) is 0 Å². The molecule has 0 unspecified atom stereocenters. The van der Waals surface area contributed by atoms with E-state index in [1.54, 1.807) is 12.5 Å². The third kappa shape index (κ3) is 2.58. The lowest BCUT2D eigenvalue weighted by atomic mass is 9.75. The van der Waals surface area contributed by atoms with Crippen molar-refractivity contribution in [2.24, 2.45) is 5.41 Å². The summed E-state index contributed by atoms with van der Waals surface area (Å²) in [6.07, 6.45) is 6.15. The molecule has 100 valence electrons. The molecule has 1 aliphatic rings. The number of nitrogens with zero attached hydrogens (tertiary/aromatic N) is 1. The zero-order valence-corrected chi connectivity index (χ0v) is 11.2. The van der Waals surface area contributed by atoms with Crippen LogP contribution in [0.2, 0.25) is 0 Å². The van der Waals surface area contributed by atoms with Crippen LogP contribution < -0.4 is 5.32 Å². The van der Waals surface area contributed by atoms with Gasteiger partial charge in [-0.25, -0.2) is 0 Å². The molecule has 1 amide bonds. The Balaban J connectivity index is 2.04. The van der Waals surface area contributed by atoms with Gasteiger partial charge in [0.05, 0.1) is 17.9 Å². The van der Waals surface area contributed by atoms with Crippen molar-refractivity contribution in [1.82, 2.24) is 10.2 Å². The van der Waals surface area contributed by atoms with Gasteiger partial charge in [-0.1, -0.05) is 6.92 Å². The second-order valence-corrected chi connectivity index (χ2v) is 5.18. The highest BCUT2D eigenvalue weighted by Crippen LogP contribution is 2.34. The van der Waals surface area contributed by atoms with Gasteiger partial charge >= 0.3 is 0 Å². The Labute approximate surface area is 108 Å². The summed E-state index contributed by atoms with van der Waals surface area (Å²) in [7, 11) is 1.88. The molecule has 0 aliphatic carbocycles. The van der Waals surface area contributed by atoms with E-state index in [9.17, 15) is 4.79 Å². The molecule has 0 spiro atoms. The molecule has 0 atom stereocenters. The van der Waals surface area contributed by atoms with Gasteiger partial charge in [0, 0.05) is 19.2 Å². The standard InChI is InChI=1S/C14H22N2O2/c1-3-14(5-7-15-8-6-14)13(17)16(2)10-12-4-9-18-11-12/h4,9,11,15H,3,5-8,10H2,1-2H3. The van der Waals surface area contributed by atoms with Crippen LogP contribution in [0.5, 0.6) is 0 Å². The van der Waals surface area contributed by atoms with Crippen LogP contribution in [-0.2, 0) is 11.3 Å². The van der Waals surface area contributed by atoms with Crippen molar-refractivity contribution in [3.8, 4) is 0 Å². The molecule has 2 rings (SSSR count). The maximum atomic E-state index is 12.6. The molecular weight excluding hydrogens is 228 g/mol. The minimum atomic E-state index is -0.163. The first kappa shape index (κ1) is 13.1. The predicted octanol–water partition coefficient (Wildman–Crippen LogP) is 2.02. The van der Waals surface area contributed by atoms with Gasteiger partial charge in [-0.3, -0.25) is 4.79 Å². The second kappa shape index (κ2) is 5.57. The summed E-state index contributed by atoms with van der Waals surface area (Å²) >= 11 is 0. The molecular formula is C14H22N2O2. The molecule has 1 aliphatic heterocycles. The quantitative estimate of drug-likeness (QED) is 0.889. The van der Waals surface area contributed by atoms with E-state index in [1.165, 1.54) is 0 Å². The first-order chi connectivity index (χ1) is 8.68. The summed E-state index contributed by atoms with van der Waals surface area (Å²) < 4.78 is 5.04. The van der Waals surface area contributed by atoms with Gasteiger partial charge in [-0.2, -0.15) is 0 Å². The molecule has 1 fully saturated rings. The van der Waals surface area contributed by atoms with Crippen LogP contribution in [0.15, 0.2) is 23.0 Å². The van der Waals surface area contributed by atoms with Crippen LogP contribution in [0.1, 0.15) is 31.7 Å². The van der Waals surface area contributed by atoms with Crippen LogP contribution in [-0.4, -0.2) is 30.9 Å². The average Bonchev–Trinajstić information content (AvgIpc) is 2.91. The molecule has 18 heavy (non-hydrogen) atoms. The normalized spacial score (nSPS) is 18.6. The average molecular weight is 250 g/mol. The fraction of sp³-hybridized carbons (Fsp3) is 0.643. The lowest BCUT2D eigenvalue weighted by molar-refractivity contribution is -0.143. The van der Waals surface area contributed by atoms with Crippen molar-refractivity contribution in [2.45, 2.75) is 32.7 Å². The fourth-order valence-electron chi connectivity index (χ4n) is 2.76. The summed E-state index contributed by atoms with van der Waals surface area (Å²) in [5, 5.41) is 3.33. The van der Waals surface area contributed by atoms with Gasteiger partial charge in [0.15, 0.2) is 0 Å². The van der Waals surface area contributed by atoms with Crippen molar-refractivity contribution in [3.63, 3.8) is 0 Å². The van der Waals surface area contributed by atoms with Gasteiger partial charge < -0.3 is 14.6 Å². The zero-order chi connectivity index (χ0) is 13.0. The number of furan rings is 1. The summed E-state index contributed by atoms with van der Waals surface area (Å²) in [5.74, 6) is 0.271. The molecule has 0 aromatic carbocycles. The van der Waals surface area contributed by atoms with Crippen LogP contribution in [0.3, 0.4) is 0 Å². The van der Waals surface area contributed by atoms with E-state index in [-0.39, 0.29) is 11.3 Å². The van der Waals surface area contributed by atoms with E-state index in [2.05, 4.69) is 12.2 Å². The Hall–Kier alpha value is -1.29. The summed E-state index contributed by atoms with van der Waals surface area (Å²) in [4.78, 5) is 14.5. The van der Waals surface area contributed by atoms with Crippen molar-refractivity contribution >= 4 is 5.91 Å². The molecule has 1 N–H and O–H groups in total. The molecule has 2 heterocycles. The topological polar surface area (TPSA) is 45.5 Å². The number of amides is 1. The fourth-order valence-corrected chi connectivity index (χ4v) is 2.76. The number of carbonyl (C=O) groups excluding carboxylic acids is 1. The monoisotopic (exact) mass is 250 g/mol. The van der Waals surface area contributed by atoms with Gasteiger partial charge in [-0.15, -0.1) is 0 Å². The number of rotatable bonds is 4. The number of hydrogen-bond acceptors (Lipinski definition) is 3. The van der Waals surface area contributed by atoms with Crippen molar-refractivity contribution in [3.05, 3.63) is 24.2 Å². The molecule has 0 bridgehead atoms. The van der Waals surface area contributed by atoms with Gasteiger partial charge in [0.1, 0.15) is 0 Å². The van der Waals surface area contributed by atoms with Crippen LogP contribution >= 0.6 is 0 Å². The van der Waals surface area contributed by atoms with E-state index in [0.29, 0.717) is 6.54 Å². The molecule has 0 radical (unpaired) electrons. The molecule has 4 nitrogen and oxygen atoms in total. The predicted molar refractivity (Wildman–Crippen MR) is 70.0 cm³/mol. The molecule has 1 saturated heterocycles. The highest BCUT2D eigenvalue weighted by atomic mass is 16.3. The van der Waals surface area contributed by atoms with E-state index in [1.807, 2.05) is 18.0 Å². The van der Waals surface area contributed by atoms with E-state index < -0.39 is 0 Å². The second-order valence-electron chi connectivity index (χ2n) is 5.18. The molecule has 0 saturated carbocycles. The Morgan fingerprint density at radius 3 is 2.78 bits per heavy atom. The van der Waals surface area contributed by atoms with Crippen molar-refractivity contribution in [2.75, 3.05) is 20.1 Å². The third-order valence-electron chi connectivity index (χ3n) is 4.04. The van der Waals surface area contributed by atoms with Gasteiger partial charge in [0.25, 0.3) is 0 Å². The SMILES string of the molecule is CCC1(C(=O)N(C)Cc2ccoc2)CCNCC1. The minimum absolute atomic E-state index is 0.163. The molecule has 1 aromatic heterocycles. The van der Waals surface area contributed by atoms with Gasteiger partial charge in [-0.05, 0) is 38.4 Å². The van der Waals surface area contributed by atoms with Crippen molar-refractivity contribution in [1.29, 1.82) is 0 Å². The Morgan fingerprint density at radius 2 is 2.22 bits per heavy atom. The van der Waals surface area contributed by atoms with Crippen LogP contribution in [0.4, 0.5) is 0 Å². The summed E-state index contributed by atoms with van der Waals surface area (Å²) in [6, 6.07) is 1.91. The lowest BCUT2D eigenvalue weighted by Gasteiger charge is -2.38. The molecule has 1 aromatic rings. The maximum absolute atomic E-state index is 12.6. The summed E-state index contributed by atoms with van der Waals surface area (Å²) in [6.45, 7) is 4.64. The smallest absolute Gasteiger partial charge is 0.228 e. The number of piperidine rings is 1. The Kier molecular flexibility index (Phi) is 4.07. The minimum Gasteiger partial charge on any atom is -0.472 e. The molecule has 4 heteroatoms. The Bertz CT molecular complexity index is 381. The summed E-state index contributed by atoms with van der Waals surface area (Å²) in [5.41, 5.74) is 0.884. The lowest BCUT2D eigenvalue weighted by Crippen LogP contribution is -2.47. The number of hydrogen-bond donors (Lipinski definition) is 1. The zero-order valence-electron chi connectivity index (χ0n) is 11.2. The number of carbonyl (C=O) groups is 1. The van der Waals surface area contributed by atoms with E-state index in [4.69, 9.17) is 4.42 Å². The first-order valence-electron chi connectivity index (χ1n) is 6.65. The van der Waals surface area contributed by atoms with E-state index >= 15 is 0 Å². The largest absolute Gasteiger partial charge is 0.472 e. The van der Waals surface area contributed by atoms with Crippen molar-refractivity contribution < 1.29 is 9.21 Å². The van der Waals surface area contributed by atoms with E-state index in [0.717, 1.165) is 37.9 Å². The van der Waals surface area contributed by atoms with Gasteiger partial charge in [0.2, 0.25) is 5.91 Å². The highest BCUT2D eigenvalue weighted by Gasteiger charge is 2.39.